The Labute approximate surface area is 329 Å². The highest BCUT2D eigenvalue weighted by molar-refractivity contribution is 6.12. The Hall–Kier alpha value is -7.88. The van der Waals surface area contributed by atoms with Gasteiger partial charge in [0.2, 0.25) is 0 Å². The van der Waals surface area contributed by atoms with E-state index >= 15 is 0 Å². The molecule has 0 saturated carbocycles. The number of rotatable bonds is 9. The van der Waals surface area contributed by atoms with Crippen LogP contribution in [-0.4, -0.2) is 37.6 Å². The van der Waals surface area contributed by atoms with Gasteiger partial charge in [0.05, 0.1) is 85.8 Å². The van der Waals surface area contributed by atoms with Gasteiger partial charge >= 0.3 is 0 Å². The van der Waals surface area contributed by atoms with E-state index in [9.17, 15) is 5.26 Å². The van der Waals surface area contributed by atoms with Gasteiger partial charge in [0.15, 0.2) is 5.69 Å². The van der Waals surface area contributed by atoms with Crippen LogP contribution in [0.25, 0.3) is 59.8 Å². The Morgan fingerprint density at radius 2 is 0.842 bits per heavy atom. The number of hydrogen-bond acceptors (Lipinski definition) is 6. The summed E-state index contributed by atoms with van der Waals surface area (Å²) in [6.07, 6.45) is 0. The Kier molecular flexibility index (Phi) is 8.61. The number of anilines is 3. The van der Waals surface area contributed by atoms with Crippen LogP contribution in [0.4, 0.5) is 22.7 Å². The monoisotopic (exact) mass is 745 g/mol. The molecule has 0 amide bonds. The molecule has 0 atom stereocenters. The maximum atomic E-state index is 9.69. The van der Waals surface area contributed by atoms with Crippen LogP contribution in [0.3, 0.4) is 0 Å². The van der Waals surface area contributed by atoms with Gasteiger partial charge in [-0.25, -0.2) is 4.85 Å². The van der Waals surface area contributed by atoms with Crippen molar-refractivity contribution in [2.45, 2.75) is 0 Å². The third-order valence-corrected chi connectivity index (χ3v) is 10.5. The zero-order chi connectivity index (χ0) is 39.2. The lowest BCUT2D eigenvalue weighted by molar-refractivity contribution is 0.415. The molecule has 57 heavy (non-hydrogen) atoms. The molecule has 0 saturated heterocycles. The molecule has 0 aliphatic carbocycles. The zero-order valence-electron chi connectivity index (χ0n) is 31.6. The Balaban J connectivity index is 1.41. The molecule has 0 aliphatic heterocycles. The van der Waals surface area contributed by atoms with Crippen LogP contribution in [0.5, 0.6) is 23.0 Å². The second kappa shape index (κ2) is 14.1. The number of nitrogens with zero attached hydrogens (tertiary/aromatic N) is 5. The van der Waals surface area contributed by atoms with E-state index in [1.807, 2.05) is 72.8 Å². The van der Waals surface area contributed by atoms with Crippen LogP contribution in [-0.2, 0) is 0 Å². The molecule has 2 aromatic heterocycles. The summed E-state index contributed by atoms with van der Waals surface area (Å²) in [6, 6.07) is 48.5. The van der Waals surface area contributed by atoms with Crippen molar-refractivity contribution in [3.8, 4) is 40.4 Å². The third-order valence-electron chi connectivity index (χ3n) is 10.5. The van der Waals surface area contributed by atoms with Crippen molar-refractivity contribution >= 4 is 66.4 Å². The van der Waals surface area contributed by atoms with E-state index in [1.54, 1.807) is 28.4 Å². The summed E-state index contributed by atoms with van der Waals surface area (Å²) in [5.74, 6) is 3.02. The van der Waals surface area contributed by atoms with Crippen LogP contribution in [0.2, 0.25) is 0 Å². The Bertz CT molecular complexity index is 2770. The zero-order valence-corrected chi connectivity index (χ0v) is 31.6. The van der Waals surface area contributed by atoms with Gasteiger partial charge in [-0.2, -0.15) is 5.26 Å². The molecule has 0 bridgehead atoms. The molecule has 0 spiro atoms. The van der Waals surface area contributed by atoms with Gasteiger partial charge in [0.25, 0.3) is 0 Å². The molecular formula is C48H35N5O4. The minimum Gasteiger partial charge on any atom is -0.497 e. The summed E-state index contributed by atoms with van der Waals surface area (Å²) in [5, 5.41) is 13.8. The Morgan fingerprint density at radius 3 is 1.18 bits per heavy atom. The van der Waals surface area contributed by atoms with Gasteiger partial charge in [-0.05, 0) is 127 Å². The highest BCUT2D eigenvalue weighted by atomic mass is 16.5. The van der Waals surface area contributed by atoms with Crippen LogP contribution in [0, 0.1) is 17.9 Å². The largest absolute Gasteiger partial charge is 0.497 e. The first kappa shape index (κ1) is 34.9. The molecule has 276 valence electrons. The number of nitriles is 1. The maximum Gasteiger partial charge on any atom is 0.187 e. The quantitative estimate of drug-likeness (QED) is 0.137. The fourth-order valence-electron chi connectivity index (χ4n) is 7.80. The second-order valence-corrected chi connectivity index (χ2v) is 13.5. The van der Waals surface area contributed by atoms with Crippen molar-refractivity contribution in [2.24, 2.45) is 0 Å². The SMILES string of the molecule is [C-]#[N+]c1ccc(N(c2ccc(C#N)cc2)c2cc(-n3c4ccc(OC)cc4c4cc(OC)ccc43)cc(-n3c4ccc(OC)cc4c4cc(OC)ccc43)c2)cc1. The van der Waals surface area contributed by atoms with E-state index in [2.05, 4.69) is 91.7 Å². The van der Waals surface area contributed by atoms with E-state index in [0.29, 0.717) is 11.3 Å². The average Bonchev–Trinajstić information content (AvgIpc) is 3.77. The van der Waals surface area contributed by atoms with E-state index in [4.69, 9.17) is 25.5 Å². The lowest BCUT2D eigenvalue weighted by Gasteiger charge is -2.27. The topological polar surface area (TPSA) is 78.2 Å². The van der Waals surface area contributed by atoms with E-state index in [0.717, 1.165) is 95.0 Å². The van der Waals surface area contributed by atoms with Crippen molar-refractivity contribution < 1.29 is 18.9 Å². The number of hydrogen-bond donors (Lipinski definition) is 0. The highest BCUT2D eigenvalue weighted by Gasteiger charge is 2.22. The summed E-state index contributed by atoms with van der Waals surface area (Å²) in [5.41, 5.74) is 9.44. The minimum absolute atomic E-state index is 0.542. The number of ether oxygens (including phenoxy) is 4. The van der Waals surface area contributed by atoms with Crippen molar-refractivity contribution in [3.05, 3.63) is 157 Å². The molecular weight excluding hydrogens is 711 g/mol. The van der Waals surface area contributed by atoms with Gasteiger partial charge < -0.3 is 33.0 Å². The fourth-order valence-corrected chi connectivity index (χ4v) is 7.80. The highest BCUT2D eigenvalue weighted by Crippen LogP contribution is 2.43. The van der Waals surface area contributed by atoms with Gasteiger partial charge in [0.1, 0.15) is 23.0 Å². The van der Waals surface area contributed by atoms with Gasteiger partial charge in [0, 0.05) is 32.9 Å². The molecule has 0 aliphatic rings. The molecule has 9 nitrogen and oxygen atoms in total. The molecule has 0 radical (unpaired) electrons. The van der Waals surface area contributed by atoms with E-state index in [-0.39, 0.29) is 0 Å². The number of aromatic nitrogens is 2. The molecule has 0 fully saturated rings. The van der Waals surface area contributed by atoms with Gasteiger partial charge in [-0.1, -0.05) is 12.1 Å². The lowest BCUT2D eigenvalue weighted by atomic mass is 10.1. The first-order chi connectivity index (χ1) is 27.9. The van der Waals surface area contributed by atoms with E-state index in [1.165, 1.54) is 0 Å². The number of methoxy groups -OCH3 is 4. The smallest absolute Gasteiger partial charge is 0.187 e. The second-order valence-electron chi connectivity index (χ2n) is 13.5. The fraction of sp³-hybridized carbons (Fsp3) is 0.0833. The summed E-state index contributed by atoms with van der Waals surface area (Å²) >= 11 is 0. The minimum atomic E-state index is 0.542. The summed E-state index contributed by atoms with van der Waals surface area (Å²) in [7, 11) is 6.71. The summed E-state index contributed by atoms with van der Waals surface area (Å²) in [4.78, 5) is 5.81. The summed E-state index contributed by atoms with van der Waals surface area (Å²) < 4.78 is 27.3. The molecule has 0 unspecified atom stereocenters. The summed E-state index contributed by atoms with van der Waals surface area (Å²) in [6.45, 7) is 7.62. The van der Waals surface area contributed by atoms with Crippen molar-refractivity contribution in [1.82, 2.24) is 9.13 Å². The van der Waals surface area contributed by atoms with Crippen molar-refractivity contribution in [3.63, 3.8) is 0 Å². The normalized spacial score (nSPS) is 11.1. The first-order valence-electron chi connectivity index (χ1n) is 18.2. The van der Waals surface area contributed by atoms with Crippen LogP contribution in [0.1, 0.15) is 5.56 Å². The molecule has 2 heterocycles. The molecule has 7 aromatic carbocycles. The number of benzene rings is 7. The average molecular weight is 746 g/mol. The number of fused-ring (bicyclic) bond motifs is 6. The predicted molar refractivity (Wildman–Crippen MR) is 227 cm³/mol. The molecule has 0 N–H and O–H groups in total. The van der Waals surface area contributed by atoms with Crippen LogP contribution in [0.15, 0.2) is 140 Å². The van der Waals surface area contributed by atoms with Crippen LogP contribution < -0.4 is 23.8 Å². The van der Waals surface area contributed by atoms with E-state index < -0.39 is 0 Å². The maximum absolute atomic E-state index is 9.69. The lowest BCUT2D eigenvalue weighted by Crippen LogP contribution is -2.11. The third kappa shape index (κ3) is 5.86. The molecule has 9 rings (SSSR count). The Morgan fingerprint density at radius 1 is 0.474 bits per heavy atom. The standard InChI is InChI=1S/C48H35N5O4/c1-50-31-8-12-33(13-9-31)51(32-10-6-30(29-49)7-11-32)34-22-35(52-45-18-14-37(54-2)25-41(45)42-26-38(55-3)15-19-46(42)52)24-36(23-34)53-47-20-16-39(56-4)27-43(47)44-28-40(57-5)17-21-48(44)53/h6-28H,2-5H3. The van der Waals surface area contributed by atoms with Crippen molar-refractivity contribution in [1.29, 1.82) is 5.26 Å². The van der Waals surface area contributed by atoms with Crippen molar-refractivity contribution in [2.75, 3.05) is 33.3 Å². The predicted octanol–water partition coefficient (Wildman–Crippen LogP) is 11.8. The van der Waals surface area contributed by atoms with Gasteiger partial charge in [-0.3, -0.25) is 0 Å². The van der Waals surface area contributed by atoms with Gasteiger partial charge in [-0.15, -0.1) is 0 Å². The first-order valence-corrected chi connectivity index (χ1v) is 18.2. The van der Waals surface area contributed by atoms with Crippen LogP contribution >= 0.6 is 0 Å². The molecule has 9 heteroatoms. The molecule has 9 aromatic rings.